The number of hydrogen-bond acceptors (Lipinski definition) is 3. The van der Waals surface area contributed by atoms with E-state index in [0.717, 1.165) is 6.42 Å². The molecule has 0 aliphatic heterocycles. The van der Waals surface area contributed by atoms with Crippen molar-refractivity contribution in [1.82, 2.24) is 0 Å². The van der Waals surface area contributed by atoms with Gasteiger partial charge in [-0.2, -0.15) is 0 Å². The first-order valence-corrected chi connectivity index (χ1v) is 6.69. The van der Waals surface area contributed by atoms with Crippen LogP contribution in [0, 0.1) is 0 Å². The van der Waals surface area contributed by atoms with Gasteiger partial charge in [0.2, 0.25) is 0 Å². The second-order valence-electron chi connectivity index (χ2n) is 4.25. The minimum atomic E-state index is -0.880. The average Bonchev–Trinajstić information content (AvgIpc) is 2.32. The zero-order chi connectivity index (χ0) is 13.6. The Hall–Kier alpha value is -1.32. The number of carboxylic acid groups (broad SMARTS) is 1. The van der Waals surface area contributed by atoms with Gasteiger partial charge in [0, 0.05) is 12.8 Å². The summed E-state index contributed by atoms with van der Waals surface area (Å²) in [6.45, 7) is 2.47. The molecule has 0 amide bonds. The maximum atomic E-state index is 11.1. The van der Waals surface area contributed by atoms with E-state index < -0.39 is 5.97 Å². The molecule has 0 aromatic rings. The molecular weight excluding hydrogens is 232 g/mol. The minimum absolute atomic E-state index is 0.0162. The lowest BCUT2D eigenvalue weighted by molar-refractivity contribution is -0.142. The highest BCUT2D eigenvalue weighted by Gasteiger charge is 2.03. The Bertz CT molecular complexity index is 259. The Balaban J connectivity index is 3.33. The highest BCUT2D eigenvalue weighted by molar-refractivity contribution is 5.71. The summed E-state index contributed by atoms with van der Waals surface area (Å²) >= 11 is 0. The number of hydrogen-bond donors (Lipinski definition) is 1. The van der Waals surface area contributed by atoms with Crippen LogP contribution >= 0.6 is 0 Å². The molecule has 0 fully saturated rings. The Labute approximate surface area is 109 Å². The molecule has 0 saturated heterocycles. The van der Waals surface area contributed by atoms with Crippen molar-refractivity contribution in [3.8, 4) is 0 Å². The van der Waals surface area contributed by atoms with Gasteiger partial charge in [0.15, 0.2) is 0 Å². The van der Waals surface area contributed by atoms with Crippen LogP contribution in [0.1, 0.15) is 58.3 Å². The number of carbonyl (C=O) groups excluding carboxylic acids is 1. The predicted molar refractivity (Wildman–Crippen MR) is 70.3 cm³/mol. The second kappa shape index (κ2) is 12.1. The van der Waals surface area contributed by atoms with Gasteiger partial charge in [0.25, 0.3) is 0 Å². The first-order chi connectivity index (χ1) is 8.66. The first-order valence-electron chi connectivity index (χ1n) is 6.69. The Morgan fingerprint density at radius 3 is 2.50 bits per heavy atom. The third-order valence-corrected chi connectivity index (χ3v) is 2.50. The van der Waals surface area contributed by atoms with Crippen molar-refractivity contribution >= 4 is 11.9 Å². The number of carboxylic acids is 1. The summed E-state index contributed by atoms with van der Waals surface area (Å²) in [5.41, 5.74) is 0. The molecule has 18 heavy (non-hydrogen) atoms. The molecule has 1 N–H and O–H groups in total. The zero-order valence-electron chi connectivity index (χ0n) is 11.2. The maximum Gasteiger partial charge on any atom is 0.306 e. The van der Waals surface area contributed by atoms with Crippen LogP contribution in [-0.2, 0) is 14.3 Å². The molecule has 0 heterocycles. The number of esters is 1. The van der Waals surface area contributed by atoms with Crippen LogP contribution in [0.5, 0.6) is 0 Å². The molecule has 0 atom stereocenters. The van der Waals surface area contributed by atoms with Gasteiger partial charge in [0.1, 0.15) is 6.61 Å². The fraction of sp³-hybridized carbons (Fsp3) is 0.714. The van der Waals surface area contributed by atoms with Gasteiger partial charge >= 0.3 is 11.9 Å². The summed E-state index contributed by atoms with van der Waals surface area (Å²) in [5, 5.41) is 8.40. The number of allylic oxidation sites excluding steroid dienone is 1. The summed E-state index contributed by atoms with van der Waals surface area (Å²) in [6.07, 6.45) is 10.4. The molecule has 0 aromatic carbocycles. The zero-order valence-corrected chi connectivity index (χ0v) is 11.2. The Kier molecular flexibility index (Phi) is 11.3. The van der Waals surface area contributed by atoms with Crippen LogP contribution in [-0.4, -0.2) is 23.7 Å². The smallest absolute Gasteiger partial charge is 0.306 e. The van der Waals surface area contributed by atoms with E-state index in [-0.39, 0.29) is 18.8 Å². The van der Waals surface area contributed by atoms with Crippen LogP contribution in [0.4, 0.5) is 0 Å². The van der Waals surface area contributed by atoms with E-state index in [1.807, 2.05) is 12.2 Å². The molecule has 0 aliphatic carbocycles. The van der Waals surface area contributed by atoms with Crippen LogP contribution in [0.25, 0.3) is 0 Å². The van der Waals surface area contributed by atoms with E-state index in [4.69, 9.17) is 9.84 Å². The normalized spacial score (nSPS) is 10.7. The molecule has 0 bridgehead atoms. The van der Waals surface area contributed by atoms with E-state index >= 15 is 0 Å². The summed E-state index contributed by atoms with van der Waals surface area (Å²) in [7, 11) is 0. The lowest BCUT2D eigenvalue weighted by Gasteiger charge is -2.00. The van der Waals surface area contributed by atoms with Gasteiger partial charge in [-0.05, 0) is 19.3 Å². The highest BCUT2D eigenvalue weighted by atomic mass is 16.5. The number of carbonyl (C=O) groups is 2. The van der Waals surface area contributed by atoms with Gasteiger partial charge in [-0.15, -0.1) is 0 Å². The van der Waals surface area contributed by atoms with E-state index in [2.05, 4.69) is 6.92 Å². The van der Waals surface area contributed by atoms with Crippen molar-refractivity contribution in [2.24, 2.45) is 0 Å². The summed E-state index contributed by atoms with van der Waals surface area (Å²) in [5.74, 6) is -1.21. The summed E-state index contributed by atoms with van der Waals surface area (Å²) in [4.78, 5) is 21.4. The molecule has 0 unspecified atom stereocenters. The largest absolute Gasteiger partial charge is 0.481 e. The van der Waals surface area contributed by atoms with E-state index in [1.165, 1.54) is 25.7 Å². The monoisotopic (exact) mass is 256 g/mol. The topological polar surface area (TPSA) is 63.6 Å². The third-order valence-electron chi connectivity index (χ3n) is 2.50. The predicted octanol–water partition coefficient (Wildman–Crippen LogP) is 3.31. The van der Waals surface area contributed by atoms with Gasteiger partial charge in [-0.1, -0.05) is 38.3 Å². The number of aliphatic carboxylic acids is 1. The Morgan fingerprint density at radius 2 is 1.83 bits per heavy atom. The van der Waals surface area contributed by atoms with Crippen LogP contribution in [0.15, 0.2) is 12.2 Å². The number of rotatable bonds is 11. The molecule has 0 rings (SSSR count). The third kappa shape index (κ3) is 12.7. The first kappa shape index (κ1) is 16.7. The fourth-order valence-electron chi connectivity index (χ4n) is 1.47. The Morgan fingerprint density at radius 1 is 1.06 bits per heavy atom. The SMILES string of the molecule is CCCCCC/C=C\COC(=O)CCCC(=O)O. The molecular formula is C14H24O4. The van der Waals surface area contributed by atoms with E-state index in [0.29, 0.717) is 13.0 Å². The van der Waals surface area contributed by atoms with Crippen LogP contribution in [0.2, 0.25) is 0 Å². The summed E-state index contributed by atoms with van der Waals surface area (Å²) in [6, 6.07) is 0. The summed E-state index contributed by atoms with van der Waals surface area (Å²) < 4.78 is 4.93. The second-order valence-corrected chi connectivity index (χ2v) is 4.25. The van der Waals surface area contributed by atoms with Gasteiger partial charge in [-0.3, -0.25) is 9.59 Å². The lowest BCUT2D eigenvalue weighted by atomic mass is 10.1. The van der Waals surface area contributed by atoms with Crippen molar-refractivity contribution in [1.29, 1.82) is 0 Å². The average molecular weight is 256 g/mol. The van der Waals surface area contributed by atoms with Gasteiger partial charge in [0.05, 0.1) is 0 Å². The van der Waals surface area contributed by atoms with Crippen molar-refractivity contribution in [3.05, 3.63) is 12.2 Å². The number of unbranched alkanes of at least 4 members (excludes halogenated alkanes) is 4. The van der Waals surface area contributed by atoms with Gasteiger partial charge < -0.3 is 9.84 Å². The molecule has 0 spiro atoms. The molecule has 4 heteroatoms. The van der Waals surface area contributed by atoms with Crippen molar-refractivity contribution in [3.63, 3.8) is 0 Å². The minimum Gasteiger partial charge on any atom is -0.481 e. The van der Waals surface area contributed by atoms with Crippen molar-refractivity contribution < 1.29 is 19.4 Å². The lowest BCUT2D eigenvalue weighted by Crippen LogP contribution is -2.05. The molecule has 4 nitrogen and oxygen atoms in total. The molecule has 0 saturated carbocycles. The molecule has 0 aliphatic rings. The van der Waals surface area contributed by atoms with Crippen molar-refractivity contribution in [2.45, 2.75) is 58.3 Å². The van der Waals surface area contributed by atoms with Gasteiger partial charge in [-0.25, -0.2) is 0 Å². The highest BCUT2D eigenvalue weighted by Crippen LogP contribution is 2.03. The standard InChI is InChI=1S/C14H24O4/c1-2-3-4-5-6-7-8-12-18-14(17)11-9-10-13(15)16/h7-8H,2-6,9-12H2,1H3,(H,15,16)/b8-7-. The molecule has 0 radical (unpaired) electrons. The number of ether oxygens (including phenoxy) is 1. The van der Waals surface area contributed by atoms with Crippen molar-refractivity contribution in [2.75, 3.05) is 6.61 Å². The van der Waals surface area contributed by atoms with E-state index in [9.17, 15) is 9.59 Å². The van der Waals surface area contributed by atoms with Crippen LogP contribution < -0.4 is 0 Å². The fourth-order valence-corrected chi connectivity index (χ4v) is 1.47. The van der Waals surface area contributed by atoms with E-state index in [1.54, 1.807) is 0 Å². The maximum absolute atomic E-state index is 11.1. The van der Waals surface area contributed by atoms with Crippen LogP contribution in [0.3, 0.4) is 0 Å². The molecule has 104 valence electrons. The molecule has 0 aromatic heterocycles. The quantitative estimate of drug-likeness (QED) is 0.350.